The van der Waals surface area contributed by atoms with Crippen LogP contribution >= 0.6 is 15.9 Å². The first-order valence-electron chi connectivity index (χ1n) is 8.92. The van der Waals surface area contributed by atoms with Gasteiger partial charge in [0.2, 0.25) is 5.95 Å². The second-order valence-electron chi connectivity index (χ2n) is 6.19. The highest BCUT2D eigenvalue weighted by Gasteiger charge is 2.24. The molecule has 29 heavy (non-hydrogen) atoms. The van der Waals surface area contributed by atoms with Crippen molar-refractivity contribution < 1.29 is 23.8 Å². The zero-order valence-electron chi connectivity index (χ0n) is 16.1. The summed E-state index contributed by atoms with van der Waals surface area (Å²) in [6, 6.07) is 4.81. The van der Waals surface area contributed by atoms with Gasteiger partial charge in [-0.2, -0.15) is 0 Å². The number of anilines is 1. The van der Waals surface area contributed by atoms with E-state index in [1.807, 2.05) is 4.90 Å². The molecule has 0 radical (unpaired) electrons. The Labute approximate surface area is 176 Å². The minimum atomic E-state index is -0.626. The summed E-state index contributed by atoms with van der Waals surface area (Å²) in [6.45, 7) is 1.92. The van der Waals surface area contributed by atoms with E-state index in [0.29, 0.717) is 48.1 Å². The highest BCUT2D eigenvalue weighted by molar-refractivity contribution is 9.10. The van der Waals surface area contributed by atoms with Crippen molar-refractivity contribution in [3.05, 3.63) is 40.6 Å². The summed E-state index contributed by atoms with van der Waals surface area (Å²) in [6.07, 6.45) is 3.37. The van der Waals surface area contributed by atoms with Gasteiger partial charge < -0.3 is 24.0 Å². The Morgan fingerprint density at radius 3 is 2.17 bits per heavy atom. The maximum absolute atomic E-state index is 12.4. The van der Waals surface area contributed by atoms with Crippen molar-refractivity contribution in [2.24, 2.45) is 0 Å². The molecule has 1 aliphatic rings. The van der Waals surface area contributed by atoms with E-state index >= 15 is 0 Å². The summed E-state index contributed by atoms with van der Waals surface area (Å²) >= 11 is 3.35. The normalized spacial score (nSPS) is 13.8. The summed E-state index contributed by atoms with van der Waals surface area (Å²) in [5.41, 5.74) is 0.237. The van der Waals surface area contributed by atoms with Crippen LogP contribution in [0.15, 0.2) is 35.1 Å². The molecule has 0 unspecified atom stereocenters. The molecule has 3 rings (SSSR count). The first kappa shape index (κ1) is 20.8. The molecular weight excluding hydrogens is 444 g/mol. The topological polar surface area (TPSA) is 94.1 Å². The summed E-state index contributed by atoms with van der Waals surface area (Å²) < 4.78 is 16.2. The lowest BCUT2D eigenvalue weighted by molar-refractivity contribution is -0.134. The van der Waals surface area contributed by atoms with Gasteiger partial charge in [-0.05, 0) is 34.1 Å². The van der Waals surface area contributed by atoms with Crippen molar-refractivity contribution >= 4 is 33.8 Å². The average molecular weight is 465 g/mol. The van der Waals surface area contributed by atoms with Gasteiger partial charge in [0.05, 0.1) is 19.8 Å². The molecule has 0 saturated carbocycles. The van der Waals surface area contributed by atoms with Crippen LogP contribution in [0.5, 0.6) is 11.5 Å². The van der Waals surface area contributed by atoms with Crippen molar-refractivity contribution in [3.8, 4) is 11.5 Å². The van der Waals surface area contributed by atoms with Gasteiger partial charge in [-0.15, -0.1) is 0 Å². The van der Waals surface area contributed by atoms with Crippen LogP contribution in [0, 0.1) is 0 Å². The van der Waals surface area contributed by atoms with E-state index in [1.165, 1.54) is 26.4 Å². The molecule has 2 heterocycles. The third kappa shape index (κ3) is 4.94. The van der Waals surface area contributed by atoms with E-state index in [4.69, 9.17) is 14.2 Å². The van der Waals surface area contributed by atoms with Crippen molar-refractivity contribution in [3.63, 3.8) is 0 Å². The Morgan fingerprint density at radius 2 is 1.62 bits per heavy atom. The van der Waals surface area contributed by atoms with Gasteiger partial charge >= 0.3 is 5.97 Å². The lowest BCUT2D eigenvalue weighted by Crippen LogP contribution is -2.50. The van der Waals surface area contributed by atoms with E-state index in [9.17, 15) is 9.59 Å². The maximum Gasteiger partial charge on any atom is 0.338 e. The summed E-state index contributed by atoms with van der Waals surface area (Å²) in [5, 5.41) is 0. The highest BCUT2D eigenvalue weighted by atomic mass is 79.9. The van der Waals surface area contributed by atoms with Gasteiger partial charge in [0.1, 0.15) is 16.0 Å². The van der Waals surface area contributed by atoms with Gasteiger partial charge in [0.25, 0.3) is 5.91 Å². The van der Waals surface area contributed by atoms with Gasteiger partial charge in [-0.3, -0.25) is 4.79 Å². The molecule has 10 heteroatoms. The Hall–Kier alpha value is -2.88. The number of methoxy groups -OCH3 is 2. The van der Waals surface area contributed by atoms with E-state index in [-0.39, 0.29) is 18.1 Å². The molecule has 0 bridgehead atoms. The molecule has 154 valence electrons. The molecule has 1 aromatic heterocycles. The number of aromatic nitrogens is 2. The number of halogens is 1. The van der Waals surface area contributed by atoms with Crippen LogP contribution in [0.3, 0.4) is 0 Å². The lowest BCUT2D eigenvalue weighted by atomic mass is 10.2. The molecule has 2 aromatic rings. The second kappa shape index (κ2) is 9.55. The van der Waals surface area contributed by atoms with Crippen LogP contribution in [0.1, 0.15) is 10.4 Å². The molecule has 1 saturated heterocycles. The largest absolute Gasteiger partial charge is 0.495 e. The number of ether oxygens (including phenoxy) is 3. The fraction of sp³-hybridized carbons (Fsp3) is 0.368. The average Bonchev–Trinajstić information content (AvgIpc) is 2.78. The predicted molar refractivity (Wildman–Crippen MR) is 108 cm³/mol. The maximum atomic E-state index is 12.4. The Bertz CT molecular complexity index is 847. The Kier molecular flexibility index (Phi) is 6.86. The van der Waals surface area contributed by atoms with E-state index in [1.54, 1.807) is 23.4 Å². The van der Waals surface area contributed by atoms with E-state index < -0.39 is 5.97 Å². The standard InChI is InChI=1S/C19H21BrN4O5/c1-27-14-10-13(11-15(28-2)17(14)20)18(26)29-12-16(25)23-6-8-24(9-7-23)19-21-4-3-5-22-19/h3-5,10-11H,6-9,12H2,1-2H3. The second-order valence-corrected chi connectivity index (χ2v) is 6.98. The van der Waals surface area contributed by atoms with Crippen LogP contribution in [-0.4, -0.2) is 73.7 Å². The molecule has 1 aliphatic heterocycles. The third-order valence-corrected chi connectivity index (χ3v) is 5.26. The van der Waals surface area contributed by atoms with Crippen molar-refractivity contribution in [2.75, 3.05) is 51.9 Å². The zero-order valence-corrected chi connectivity index (χ0v) is 17.7. The predicted octanol–water partition coefficient (Wildman–Crippen LogP) is 1.76. The van der Waals surface area contributed by atoms with Crippen LogP contribution in [0.4, 0.5) is 5.95 Å². The first-order chi connectivity index (χ1) is 14.0. The molecular formula is C19H21BrN4O5. The number of amides is 1. The lowest BCUT2D eigenvalue weighted by Gasteiger charge is -2.34. The SMILES string of the molecule is COc1cc(C(=O)OCC(=O)N2CCN(c3ncccn3)CC2)cc(OC)c1Br. The number of hydrogen-bond acceptors (Lipinski definition) is 8. The number of nitrogens with zero attached hydrogens (tertiary/aromatic N) is 4. The molecule has 1 aromatic carbocycles. The number of carbonyl (C=O) groups excluding carboxylic acids is 2. The molecule has 1 amide bonds. The fourth-order valence-corrected chi connectivity index (χ4v) is 3.45. The third-order valence-electron chi connectivity index (χ3n) is 4.48. The van der Waals surface area contributed by atoms with Crippen molar-refractivity contribution in [2.45, 2.75) is 0 Å². The van der Waals surface area contributed by atoms with Crippen LogP contribution in [0.2, 0.25) is 0 Å². The molecule has 0 spiro atoms. The molecule has 1 fully saturated rings. The van der Waals surface area contributed by atoms with Gasteiger partial charge in [0, 0.05) is 38.6 Å². The fourth-order valence-electron chi connectivity index (χ4n) is 2.90. The van der Waals surface area contributed by atoms with Gasteiger partial charge in [0.15, 0.2) is 6.61 Å². The number of piperazine rings is 1. The minimum absolute atomic E-state index is 0.237. The smallest absolute Gasteiger partial charge is 0.338 e. The highest BCUT2D eigenvalue weighted by Crippen LogP contribution is 2.35. The number of carbonyl (C=O) groups is 2. The minimum Gasteiger partial charge on any atom is -0.495 e. The van der Waals surface area contributed by atoms with Crippen LogP contribution in [0.25, 0.3) is 0 Å². The molecule has 9 nitrogen and oxygen atoms in total. The van der Waals surface area contributed by atoms with E-state index in [2.05, 4.69) is 25.9 Å². The molecule has 0 N–H and O–H groups in total. The van der Waals surface area contributed by atoms with Crippen LogP contribution in [-0.2, 0) is 9.53 Å². The van der Waals surface area contributed by atoms with E-state index in [0.717, 1.165) is 0 Å². The first-order valence-corrected chi connectivity index (χ1v) is 9.71. The summed E-state index contributed by atoms with van der Waals surface area (Å²) in [4.78, 5) is 36.9. The summed E-state index contributed by atoms with van der Waals surface area (Å²) in [7, 11) is 2.97. The van der Waals surface area contributed by atoms with Crippen molar-refractivity contribution in [1.82, 2.24) is 14.9 Å². The Balaban J connectivity index is 1.54. The number of rotatable bonds is 6. The number of benzene rings is 1. The van der Waals surface area contributed by atoms with Gasteiger partial charge in [-0.25, -0.2) is 14.8 Å². The zero-order chi connectivity index (χ0) is 20.8. The Morgan fingerprint density at radius 1 is 1.03 bits per heavy atom. The quantitative estimate of drug-likeness (QED) is 0.596. The number of esters is 1. The molecule has 0 aliphatic carbocycles. The molecule has 0 atom stereocenters. The van der Waals surface area contributed by atoms with Crippen molar-refractivity contribution in [1.29, 1.82) is 0 Å². The number of hydrogen-bond donors (Lipinski definition) is 0. The monoisotopic (exact) mass is 464 g/mol. The van der Waals surface area contributed by atoms with Crippen LogP contribution < -0.4 is 14.4 Å². The van der Waals surface area contributed by atoms with Gasteiger partial charge in [-0.1, -0.05) is 0 Å². The summed E-state index contributed by atoms with van der Waals surface area (Å²) in [5.74, 6) is 0.634.